The zero-order valence-electron chi connectivity index (χ0n) is 16.3. The van der Waals surface area contributed by atoms with E-state index in [9.17, 15) is 0 Å². The van der Waals surface area contributed by atoms with Gasteiger partial charge in [-0.1, -0.05) is 54.6 Å². The van der Waals surface area contributed by atoms with E-state index in [1.807, 2.05) is 12.1 Å². The van der Waals surface area contributed by atoms with E-state index in [2.05, 4.69) is 102 Å². The second-order valence-electron chi connectivity index (χ2n) is 7.59. The smallest absolute Gasteiger partial charge is 0.133 e. The van der Waals surface area contributed by atoms with Crippen molar-refractivity contribution in [1.29, 1.82) is 0 Å². The van der Waals surface area contributed by atoms with Crippen molar-refractivity contribution in [1.82, 2.24) is 4.57 Å². The predicted molar refractivity (Wildman–Crippen MR) is 124 cm³/mol. The monoisotopic (exact) mass is 385 g/mol. The van der Waals surface area contributed by atoms with E-state index < -0.39 is 0 Å². The molecule has 0 saturated carbocycles. The Labute approximate surface area is 174 Å². The molecule has 0 unspecified atom stereocenters. The van der Waals surface area contributed by atoms with Gasteiger partial charge in [-0.05, 0) is 75.1 Å². The van der Waals surface area contributed by atoms with Crippen LogP contribution >= 0.6 is 0 Å². The minimum atomic E-state index is 0.893. The molecule has 0 saturated heterocycles. The highest BCUT2D eigenvalue weighted by molar-refractivity contribution is 5.90. The average Bonchev–Trinajstić information content (AvgIpc) is 3.51. The predicted octanol–water partition coefficient (Wildman–Crippen LogP) is 7.71. The molecule has 0 bridgehead atoms. The van der Waals surface area contributed by atoms with Crippen molar-refractivity contribution in [3.8, 4) is 28.1 Å². The molecule has 6 aromatic rings. The molecule has 0 fully saturated rings. The molecule has 0 radical (unpaired) electrons. The molecule has 6 rings (SSSR count). The van der Waals surface area contributed by atoms with E-state index in [0.29, 0.717) is 0 Å². The van der Waals surface area contributed by atoms with Crippen molar-refractivity contribution < 1.29 is 4.42 Å². The highest BCUT2D eigenvalue weighted by Crippen LogP contribution is 2.30. The van der Waals surface area contributed by atoms with Crippen LogP contribution in [0.3, 0.4) is 0 Å². The van der Waals surface area contributed by atoms with Gasteiger partial charge < -0.3 is 8.98 Å². The summed E-state index contributed by atoms with van der Waals surface area (Å²) in [5, 5.41) is 4.94. The molecule has 2 nitrogen and oxygen atoms in total. The third kappa shape index (κ3) is 2.90. The van der Waals surface area contributed by atoms with Gasteiger partial charge in [0, 0.05) is 23.6 Å². The molecule has 2 aromatic heterocycles. The van der Waals surface area contributed by atoms with Gasteiger partial charge in [-0.3, -0.25) is 0 Å². The quantitative estimate of drug-likeness (QED) is 0.305. The molecule has 0 amide bonds. The van der Waals surface area contributed by atoms with Crippen molar-refractivity contribution in [3.05, 3.63) is 116 Å². The van der Waals surface area contributed by atoms with Gasteiger partial charge in [0.25, 0.3) is 0 Å². The maximum Gasteiger partial charge on any atom is 0.133 e. The molecule has 142 valence electrons. The van der Waals surface area contributed by atoms with Crippen LogP contribution in [0.5, 0.6) is 0 Å². The number of furan rings is 1. The first-order valence-electron chi connectivity index (χ1n) is 10.1. The fourth-order valence-corrected chi connectivity index (χ4v) is 4.09. The van der Waals surface area contributed by atoms with Crippen LogP contribution in [0.2, 0.25) is 0 Å². The Hall–Kier alpha value is -4.04. The molecule has 0 atom stereocenters. The van der Waals surface area contributed by atoms with E-state index in [0.717, 1.165) is 11.3 Å². The molecular formula is C28H19NO. The molecule has 0 spiro atoms. The van der Waals surface area contributed by atoms with Crippen LogP contribution < -0.4 is 0 Å². The molecule has 0 aliphatic heterocycles. The lowest BCUT2D eigenvalue weighted by Crippen LogP contribution is -1.89. The second-order valence-corrected chi connectivity index (χ2v) is 7.59. The van der Waals surface area contributed by atoms with Gasteiger partial charge in [-0.25, -0.2) is 0 Å². The summed E-state index contributed by atoms with van der Waals surface area (Å²) in [6.07, 6.45) is 6.04. The molecule has 0 aliphatic rings. The number of hydrogen-bond donors (Lipinski definition) is 0. The molecule has 2 heteroatoms. The van der Waals surface area contributed by atoms with Gasteiger partial charge in [-0.2, -0.15) is 0 Å². The Morgan fingerprint density at radius 2 is 1.30 bits per heavy atom. The second kappa shape index (κ2) is 6.78. The molecular weight excluding hydrogens is 366 g/mol. The highest BCUT2D eigenvalue weighted by Gasteiger charge is 2.06. The Balaban J connectivity index is 1.39. The van der Waals surface area contributed by atoms with Gasteiger partial charge in [0.2, 0.25) is 0 Å². The van der Waals surface area contributed by atoms with Crippen LogP contribution in [-0.4, -0.2) is 4.57 Å². The number of nitrogens with zero attached hydrogens (tertiary/aromatic N) is 1. The summed E-state index contributed by atoms with van der Waals surface area (Å²) in [7, 11) is 0. The highest BCUT2D eigenvalue weighted by atomic mass is 16.3. The summed E-state index contributed by atoms with van der Waals surface area (Å²) in [5.74, 6) is 0.893. The van der Waals surface area contributed by atoms with Gasteiger partial charge in [0.15, 0.2) is 0 Å². The summed E-state index contributed by atoms with van der Waals surface area (Å²) in [4.78, 5) is 0. The van der Waals surface area contributed by atoms with Crippen molar-refractivity contribution in [3.63, 3.8) is 0 Å². The van der Waals surface area contributed by atoms with Crippen LogP contribution in [0.1, 0.15) is 0 Å². The van der Waals surface area contributed by atoms with E-state index in [-0.39, 0.29) is 0 Å². The van der Waals surface area contributed by atoms with Crippen LogP contribution in [0.15, 0.2) is 120 Å². The minimum absolute atomic E-state index is 0.893. The Bertz CT molecular complexity index is 1490. The van der Waals surface area contributed by atoms with Gasteiger partial charge in [-0.15, -0.1) is 0 Å². The molecule has 0 N–H and O–H groups in total. The van der Waals surface area contributed by atoms with E-state index in [1.54, 1.807) is 6.26 Å². The largest absolute Gasteiger partial charge is 0.464 e. The summed E-state index contributed by atoms with van der Waals surface area (Å²) >= 11 is 0. The van der Waals surface area contributed by atoms with E-state index in [4.69, 9.17) is 4.42 Å². The standard InChI is InChI=1S/C28H19NO/c1-2-5-22-18-27(12-11-20(22)4-1)29-14-13-25(19-29)23-9-7-21-8-10-24(17-26(21)16-23)28-6-3-15-30-28/h1-19H. The van der Waals surface area contributed by atoms with Gasteiger partial charge >= 0.3 is 0 Å². The fraction of sp³-hybridized carbons (Fsp3) is 0. The Morgan fingerprint density at radius 1 is 0.533 bits per heavy atom. The van der Waals surface area contributed by atoms with E-state index >= 15 is 0 Å². The first-order valence-corrected chi connectivity index (χ1v) is 10.1. The summed E-state index contributed by atoms with van der Waals surface area (Å²) < 4.78 is 7.75. The van der Waals surface area contributed by atoms with Crippen molar-refractivity contribution in [2.24, 2.45) is 0 Å². The molecule has 0 aliphatic carbocycles. The number of rotatable bonds is 3. The van der Waals surface area contributed by atoms with Gasteiger partial charge in [0.1, 0.15) is 5.76 Å². The number of hydrogen-bond acceptors (Lipinski definition) is 1. The number of benzene rings is 4. The Kier molecular flexibility index (Phi) is 3.82. The maximum atomic E-state index is 5.56. The van der Waals surface area contributed by atoms with Crippen molar-refractivity contribution >= 4 is 21.5 Å². The zero-order chi connectivity index (χ0) is 19.9. The fourth-order valence-electron chi connectivity index (χ4n) is 4.09. The first-order chi connectivity index (χ1) is 14.8. The van der Waals surface area contributed by atoms with Crippen molar-refractivity contribution in [2.45, 2.75) is 0 Å². The lowest BCUT2D eigenvalue weighted by Gasteiger charge is -2.06. The Morgan fingerprint density at radius 3 is 2.17 bits per heavy atom. The molecule has 2 heterocycles. The number of fused-ring (bicyclic) bond motifs is 2. The van der Waals surface area contributed by atoms with Crippen LogP contribution in [0, 0.1) is 0 Å². The van der Waals surface area contributed by atoms with Gasteiger partial charge in [0.05, 0.1) is 6.26 Å². The van der Waals surface area contributed by atoms with Crippen molar-refractivity contribution in [2.75, 3.05) is 0 Å². The summed E-state index contributed by atoms with van der Waals surface area (Å²) in [5.41, 5.74) is 4.67. The van der Waals surface area contributed by atoms with Crippen LogP contribution in [0.25, 0.3) is 49.7 Å². The third-order valence-electron chi connectivity index (χ3n) is 5.70. The van der Waals surface area contributed by atoms with Crippen LogP contribution in [-0.2, 0) is 0 Å². The minimum Gasteiger partial charge on any atom is -0.464 e. The lowest BCUT2D eigenvalue weighted by atomic mass is 10.0. The lowest BCUT2D eigenvalue weighted by molar-refractivity contribution is 0.582. The first kappa shape index (κ1) is 16.9. The average molecular weight is 385 g/mol. The number of aromatic nitrogens is 1. The maximum absolute atomic E-state index is 5.56. The zero-order valence-corrected chi connectivity index (χ0v) is 16.3. The normalized spacial score (nSPS) is 11.3. The molecule has 30 heavy (non-hydrogen) atoms. The summed E-state index contributed by atoms with van der Waals surface area (Å²) in [6.45, 7) is 0. The SMILES string of the molecule is c1coc(-c2ccc3ccc(-c4ccn(-c5ccc6ccccc6c5)c4)cc3c2)c1. The van der Waals surface area contributed by atoms with Crippen LogP contribution in [0.4, 0.5) is 0 Å². The topological polar surface area (TPSA) is 18.1 Å². The van der Waals surface area contributed by atoms with E-state index in [1.165, 1.54) is 38.4 Å². The third-order valence-corrected chi connectivity index (χ3v) is 5.70. The summed E-state index contributed by atoms with van der Waals surface area (Å²) in [6, 6.07) is 34.2. The molecule has 4 aromatic carbocycles.